The Kier molecular flexibility index (Phi) is 1.34. The van der Waals surface area contributed by atoms with E-state index in [0.29, 0.717) is 0 Å². The second-order valence-corrected chi connectivity index (χ2v) is 1.99. The number of aryl methyl sites for hydroxylation is 1. The maximum atomic E-state index is 3.78. The minimum absolute atomic E-state index is 1.09. The van der Waals surface area contributed by atoms with Crippen LogP contribution in [0.4, 0.5) is 0 Å². The quantitative estimate of drug-likeness (QED) is 0.474. The van der Waals surface area contributed by atoms with E-state index in [1.54, 1.807) is 0 Å². The van der Waals surface area contributed by atoms with E-state index in [2.05, 4.69) is 26.0 Å². The molecule has 0 heterocycles. The third-order valence-corrected chi connectivity index (χ3v) is 1.08. The van der Waals surface area contributed by atoms with Crippen molar-refractivity contribution in [1.29, 1.82) is 0 Å². The molecule has 0 spiro atoms. The minimum atomic E-state index is 1.09. The second-order valence-electron chi connectivity index (χ2n) is 1.99. The summed E-state index contributed by atoms with van der Waals surface area (Å²) < 4.78 is 0. The molecule has 0 nitrogen and oxygen atoms in total. The lowest BCUT2D eigenvalue weighted by Crippen LogP contribution is -1.71. The maximum absolute atomic E-state index is 3.78. The molecule has 0 aliphatic heterocycles. The first-order valence-electron chi connectivity index (χ1n) is 2.67. The van der Waals surface area contributed by atoms with Crippen molar-refractivity contribution in [3.8, 4) is 0 Å². The smallest absolute Gasteiger partial charge is 0.0238 e. The zero-order valence-electron chi connectivity index (χ0n) is 5.02. The minimum Gasteiger partial charge on any atom is -0.0617 e. The van der Waals surface area contributed by atoms with Crippen molar-refractivity contribution in [1.82, 2.24) is 0 Å². The van der Waals surface area contributed by atoms with Crippen LogP contribution in [0.1, 0.15) is 11.1 Å². The van der Waals surface area contributed by atoms with Gasteiger partial charge in [-0.2, -0.15) is 0 Å². The van der Waals surface area contributed by atoms with Gasteiger partial charge >= 0.3 is 0 Å². The maximum Gasteiger partial charge on any atom is -0.0238 e. The van der Waals surface area contributed by atoms with Crippen LogP contribution in [0.15, 0.2) is 24.3 Å². The molecular formula is C8H9. The number of hydrogen-bond donors (Lipinski definition) is 0. The van der Waals surface area contributed by atoms with Gasteiger partial charge in [0.05, 0.1) is 0 Å². The van der Waals surface area contributed by atoms with Crippen LogP contribution in [0.25, 0.3) is 0 Å². The molecule has 0 N–H and O–H groups in total. The summed E-state index contributed by atoms with van der Waals surface area (Å²) in [6.45, 7) is 5.85. The molecule has 8 heavy (non-hydrogen) atoms. The standard InChI is InChI=1S/C8H9/c1-7-4-3-5-8(2)6-7/h3-6H,1H2,2H3. The van der Waals surface area contributed by atoms with Crippen molar-refractivity contribution >= 4 is 0 Å². The van der Waals surface area contributed by atoms with E-state index in [4.69, 9.17) is 0 Å². The highest BCUT2D eigenvalue weighted by Crippen LogP contribution is 2.00. The van der Waals surface area contributed by atoms with Crippen LogP contribution in [0.5, 0.6) is 0 Å². The Bertz CT molecular complexity index is 160. The van der Waals surface area contributed by atoms with Gasteiger partial charge in [-0.25, -0.2) is 0 Å². The average molecular weight is 105 g/mol. The van der Waals surface area contributed by atoms with Crippen LogP contribution < -0.4 is 0 Å². The Hall–Kier alpha value is -0.780. The van der Waals surface area contributed by atoms with Gasteiger partial charge in [-0.05, 0) is 19.4 Å². The van der Waals surface area contributed by atoms with Gasteiger partial charge in [0.1, 0.15) is 0 Å². The zero-order valence-corrected chi connectivity index (χ0v) is 5.02. The normalized spacial score (nSPS) is 9.25. The van der Waals surface area contributed by atoms with Gasteiger partial charge in [0, 0.05) is 0 Å². The molecule has 0 aromatic heterocycles. The molecule has 0 fully saturated rings. The summed E-state index contributed by atoms with van der Waals surface area (Å²) in [5.74, 6) is 0. The highest BCUT2D eigenvalue weighted by Gasteiger charge is 1.80. The zero-order chi connectivity index (χ0) is 5.98. The summed E-state index contributed by atoms with van der Waals surface area (Å²) >= 11 is 0. The SMILES string of the molecule is [CH2]c1cccc(C)c1. The predicted molar refractivity (Wildman–Crippen MR) is 35.6 cm³/mol. The molecule has 0 saturated carbocycles. The topological polar surface area (TPSA) is 0 Å². The van der Waals surface area contributed by atoms with Crippen LogP contribution in [-0.2, 0) is 0 Å². The van der Waals surface area contributed by atoms with Crippen LogP contribution >= 0.6 is 0 Å². The summed E-state index contributed by atoms with van der Waals surface area (Å²) in [6.07, 6.45) is 0. The molecule has 1 aromatic carbocycles. The lowest BCUT2D eigenvalue weighted by molar-refractivity contribution is 1.44. The first-order chi connectivity index (χ1) is 3.79. The highest BCUT2D eigenvalue weighted by molar-refractivity contribution is 5.23. The molecule has 1 aromatic rings. The largest absolute Gasteiger partial charge is 0.0617 e. The van der Waals surface area contributed by atoms with Crippen molar-refractivity contribution in [2.24, 2.45) is 0 Å². The third-order valence-electron chi connectivity index (χ3n) is 1.08. The number of hydrogen-bond acceptors (Lipinski definition) is 0. The molecule has 0 amide bonds. The fourth-order valence-electron chi connectivity index (χ4n) is 0.712. The summed E-state index contributed by atoms with van der Waals surface area (Å²) in [5.41, 5.74) is 2.36. The molecule has 0 heteroatoms. The number of rotatable bonds is 0. The van der Waals surface area contributed by atoms with Gasteiger partial charge in [-0.15, -0.1) is 0 Å². The lowest BCUT2D eigenvalue weighted by atomic mass is 10.2. The van der Waals surface area contributed by atoms with Gasteiger partial charge in [0.2, 0.25) is 0 Å². The monoisotopic (exact) mass is 105 g/mol. The molecule has 0 atom stereocenters. The summed E-state index contributed by atoms with van der Waals surface area (Å²) in [6, 6.07) is 8.12. The van der Waals surface area contributed by atoms with Crippen LogP contribution in [0.3, 0.4) is 0 Å². The van der Waals surface area contributed by atoms with Crippen LogP contribution in [0.2, 0.25) is 0 Å². The molecule has 0 aliphatic carbocycles. The van der Waals surface area contributed by atoms with Crippen molar-refractivity contribution in [3.63, 3.8) is 0 Å². The van der Waals surface area contributed by atoms with Crippen molar-refractivity contribution in [2.45, 2.75) is 6.92 Å². The van der Waals surface area contributed by atoms with E-state index in [1.807, 2.05) is 12.1 Å². The molecule has 0 aliphatic rings. The second kappa shape index (κ2) is 1.99. The van der Waals surface area contributed by atoms with Gasteiger partial charge in [0.15, 0.2) is 0 Å². The van der Waals surface area contributed by atoms with E-state index in [1.165, 1.54) is 5.56 Å². The molecule has 0 bridgehead atoms. The van der Waals surface area contributed by atoms with Gasteiger partial charge in [-0.3, -0.25) is 0 Å². The Morgan fingerprint density at radius 1 is 1.38 bits per heavy atom. The fourth-order valence-corrected chi connectivity index (χ4v) is 0.712. The van der Waals surface area contributed by atoms with Crippen LogP contribution in [-0.4, -0.2) is 0 Å². The van der Waals surface area contributed by atoms with Crippen molar-refractivity contribution in [2.75, 3.05) is 0 Å². The van der Waals surface area contributed by atoms with Crippen molar-refractivity contribution < 1.29 is 0 Å². The van der Waals surface area contributed by atoms with Crippen molar-refractivity contribution in [3.05, 3.63) is 42.3 Å². The first-order valence-corrected chi connectivity index (χ1v) is 2.67. The molecule has 1 rings (SSSR count). The first kappa shape index (κ1) is 5.36. The predicted octanol–water partition coefficient (Wildman–Crippen LogP) is 2.18. The van der Waals surface area contributed by atoms with Crippen LogP contribution in [0, 0.1) is 13.8 Å². The molecule has 1 radical (unpaired) electrons. The molecule has 41 valence electrons. The Morgan fingerprint density at radius 3 is 2.50 bits per heavy atom. The fraction of sp³-hybridized carbons (Fsp3) is 0.125. The van der Waals surface area contributed by atoms with E-state index < -0.39 is 0 Å². The van der Waals surface area contributed by atoms with E-state index >= 15 is 0 Å². The third kappa shape index (κ3) is 1.09. The molecule has 0 unspecified atom stereocenters. The Morgan fingerprint density at radius 2 is 2.12 bits per heavy atom. The highest BCUT2D eigenvalue weighted by atomic mass is 13.9. The molecule has 0 saturated heterocycles. The van der Waals surface area contributed by atoms with E-state index in [0.717, 1.165) is 5.56 Å². The summed E-state index contributed by atoms with van der Waals surface area (Å²) in [5, 5.41) is 0. The lowest BCUT2D eigenvalue weighted by Gasteiger charge is -1.90. The van der Waals surface area contributed by atoms with Gasteiger partial charge in [0.25, 0.3) is 0 Å². The van der Waals surface area contributed by atoms with E-state index in [9.17, 15) is 0 Å². The van der Waals surface area contributed by atoms with E-state index in [-0.39, 0.29) is 0 Å². The van der Waals surface area contributed by atoms with Gasteiger partial charge < -0.3 is 0 Å². The average Bonchev–Trinajstić information content (AvgIpc) is 1.64. The Balaban J connectivity index is 3.08. The number of benzene rings is 1. The molecular weight excluding hydrogens is 96.1 g/mol. The van der Waals surface area contributed by atoms with Gasteiger partial charge in [-0.1, -0.05) is 29.8 Å². The summed E-state index contributed by atoms with van der Waals surface area (Å²) in [7, 11) is 0. The summed E-state index contributed by atoms with van der Waals surface area (Å²) in [4.78, 5) is 0. The Labute approximate surface area is 50.2 Å².